The highest BCUT2D eigenvalue weighted by Gasteiger charge is 2.40. The molecule has 134 valence electrons. The second kappa shape index (κ2) is 7.88. The Morgan fingerprint density at radius 2 is 1.85 bits per heavy atom. The fourth-order valence-corrected chi connectivity index (χ4v) is 3.70. The predicted molar refractivity (Wildman–Crippen MR) is 103 cm³/mol. The lowest BCUT2D eigenvalue weighted by Crippen LogP contribution is -2.34. The standard InChI is InChI=1S/C22H21ClO3/c1-3-26-22(25)21-18(17-6-4-5-7-19(17)23)12-16(13-20(21)24)15-10-8-14(2)9-11-15/h4-11,13,18,21H,3,12H2,1-2H3/t18-,21+/m0/s1. The summed E-state index contributed by atoms with van der Waals surface area (Å²) < 4.78 is 5.17. The number of halogens is 1. The number of hydrogen-bond acceptors (Lipinski definition) is 3. The van der Waals surface area contributed by atoms with Crippen molar-refractivity contribution in [2.24, 2.45) is 5.92 Å². The SMILES string of the molecule is CCOC(=O)[C@H]1C(=O)C=C(c2ccc(C)cc2)C[C@H]1c1ccccc1Cl. The lowest BCUT2D eigenvalue weighted by atomic mass is 9.73. The summed E-state index contributed by atoms with van der Waals surface area (Å²) in [6.45, 7) is 4.00. The van der Waals surface area contributed by atoms with Gasteiger partial charge in [0.1, 0.15) is 5.92 Å². The zero-order valence-electron chi connectivity index (χ0n) is 14.9. The maximum Gasteiger partial charge on any atom is 0.317 e. The normalized spacial score (nSPS) is 19.8. The number of ketones is 1. The van der Waals surface area contributed by atoms with Gasteiger partial charge in [-0.15, -0.1) is 0 Å². The molecule has 0 aliphatic heterocycles. The van der Waals surface area contributed by atoms with E-state index in [9.17, 15) is 9.59 Å². The zero-order chi connectivity index (χ0) is 18.7. The van der Waals surface area contributed by atoms with Crippen LogP contribution < -0.4 is 0 Å². The van der Waals surface area contributed by atoms with Crippen LogP contribution in [0.15, 0.2) is 54.6 Å². The number of carbonyl (C=O) groups is 2. The molecule has 0 amide bonds. The van der Waals surface area contributed by atoms with Crippen molar-refractivity contribution in [3.8, 4) is 0 Å². The summed E-state index contributed by atoms with van der Waals surface area (Å²) in [5.74, 6) is -1.91. The predicted octanol–water partition coefficient (Wildman–Crippen LogP) is 4.97. The van der Waals surface area contributed by atoms with Gasteiger partial charge in [0.05, 0.1) is 6.61 Å². The Hall–Kier alpha value is -2.39. The van der Waals surface area contributed by atoms with E-state index < -0.39 is 11.9 Å². The van der Waals surface area contributed by atoms with Gasteiger partial charge in [0.25, 0.3) is 0 Å². The molecular weight excluding hydrogens is 348 g/mol. The Bertz CT molecular complexity index is 852. The minimum atomic E-state index is -0.857. The first-order valence-corrected chi connectivity index (χ1v) is 9.11. The number of allylic oxidation sites excluding steroid dienone is 2. The molecule has 26 heavy (non-hydrogen) atoms. The number of benzene rings is 2. The first kappa shape index (κ1) is 18.4. The van der Waals surface area contributed by atoms with Gasteiger partial charge in [-0.3, -0.25) is 9.59 Å². The van der Waals surface area contributed by atoms with Crippen molar-refractivity contribution in [2.75, 3.05) is 6.61 Å². The van der Waals surface area contributed by atoms with Crippen molar-refractivity contribution in [3.63, 3.8) is 0 Å². The molecule has 1 aliphatic rings. The molecule has 2 aromatic rings. The molecule has 0 saturated carbocycles. The molecule has 0 heterocycles. The summed E-state index contributed by atoms with van der Waals surface area (Å²) in [6.07, 6.45) is 2.14. The molecule has 0 spiro atoms. The number of ether oxygens (including phenoxy) is 1. The summed E-state index contributed by atoms with van der Waals surface area (Å²) in [5.41, 5.74) is 3.87. The molecule has 0 unspecified atom stereocenters. The maximum atomic E-state index is 12.8. The third-order valence-electron chi connectivity index (χ3n) is 4.73. The van der Waals surface area contributed by atoms with Gasteiger partial charge in [-0.05, 0) is 49.1 Å². The van der Waals surface area contributed by atoms with Crippen LogP contribution in [0.25, 0.3) is 5.57 Å². The zero-order valence-corrected chi connectivity index (χ0v) is 15.6. The van der Waals surface area contributed by atoms with Crippen molar-refractivity contribution in [3.05, 3.63) is 76.3 Å². The van der Waals surface area contributed by atoms with Gasteiger partial charge in [0.2, 0.25) is 0 Å². The van der Waals surface area contributed by atoms with Crippen LogP contribution in [0.3, 0.4) is 0 Å². The van der Waals surface area contributed by atoms with Crippen LogP contribution in [-0.4, -0.2) is 18.4 Å². The Balaban J connectivity index is 2.04. The molecule has 0 bridgehead atoms. The quantitative estimate of drug-likeness (QED) is 0.565. The molecule has 0 saturated heterocycles. The van der Waals surface area contributed by atoms with Gasteiger partial charge >= 0.3 is 5.97 Å². The van der Waals surface area contributed by atoms with E-state index in [-0.39, 0.29) is 18.3 Å². The van der Waals surface area contributed by atoms with E-state index in [4.69, 9.17) is 16.3 Å². The van der Waals surface area contributed by atoms with Crippen LogP contribution in [0, 0.1) is 12.8 Å². The van der Waals surface area contributed by atoms with E-state index in [1.54, 1.807) is 19.1 Å². The van der Waals surface area contributed by atoms with Gasteiger partial charge in [-0.1, -0.05) is 59.6 Å². The molecular formula is C22H21ClO3. The van der Waals surface area contributed by atoms with Crippen molar-refractivity contribution in [1.29, 1.82) is 0 Å². The summed E-state index contributed by atoms with van der Waals surface area (Å²) >= 11 is 6.38. The average Bonchev–Trinajstić information content (AvgIpc) is 2.62. The smallest absolute Gasteiger partial charge is 0.317 e. The first-order chi connectivity index (χ1) is 12.5. The van der Waals surface area contributed by atoms with Gasteiger partial charge < -0.3 is 4.74 Å². The number of rotatable bonds is 4. The van der Waals surface area contributed by atoms with Crippen LogP contribution in [0.4, 0.5) is 0 Å². The topological polar surface area (TPSA) is 43.4 Å². The van der Waals surface area contributed by atoms with E-state index in [0.717, 1.165) is 22.3 Å². The fraction of sp³-hybridized carbons (Fsp3) is 0.273. The maximum absolute atomic E-state index is 12.8. The first-order valence-electron chi connectivity index (χ1n) is 8.73. The molecule has 2 atom stereocenters. The van der Waals surface area contributed by atoms with Gasteiger partial charge in [0.15, 0.2) is 5.78 Å². The fourth-order valence-electron chi connectivity index (χ4n) is 3.42. The van der Waals surface area contributed by atoms with Crippen molar-refractivity contribution >= 4 is 28.9 Å². The molecule has 0 radical (unpaired) electrons. The number of aryl methyl sites for hydroxylation is 1. The Kier molecular flexibility index (Phi) is 5.58. The molecule has 0 fully saturated rings. The molecule has 2 aromatic carbocycles. The van der Waals surface area contributed by atoms with Crippen LogP contribution >= 0.6 is 11.6 Å². The van der Waals surface area contributed by atoms with Gasteiger partial charge in [-0.2, -0.15) is 0 Å². The molecule has 0 N–H and O–H groups in total. The Labute approximate surface area is 158 Å². The molecule has 0 aromatic heterocycles. The van der Waals surface area contributed by atoms with E-state index in [1.165, 1.54) is 0 Å². The highest BCUT2D eigenvalue weighted by atomic mass is 35.5. The average molecular weight is 369 g/mol. The summed E-state index contributed by atoms with van der Waals surface area (Å²) in [7, 11) is 0. The largest absolute Gasteiger partial charge is 0.465 e. The van der Waals surface area contributed by atoms with E-state index in [0.29, 0.717) is 11.4 Å². The summed E-state index contributed by atoms with van der Waals surface area (Å²) in [4.78, 5) is 25.3. The molecule has 4 heteroatoms. The van der Waals surface area contributed by atoms with E-state index >= 15 is 0 Å². The molecule has 1 aliphatic carbocycles. The number of hydrogen-bond donors (Lipinski definition) is 0. The third-order valence-corrected chi connectivity index (χ3v) is 5.08. The minimum Gasteiger partial charge on any atom is -0.465 e. The lowest BCUT2D eigenvalue weighted by Gasteiger charge is -2.30. The third kappa shape index (κ3) is 3.73. The van der Waals surface area contributed by atoms with Gasteiger partial charge in [-0.25, -0.2) is 0 Å². The Morgan fingerprint density at radius 1 is 1.15 bits per heavy atom. The van der Waals surface area contributed by atoms with E-state index in [1.807, 2.05) is 49.4 Å². The second-order valence-corrected chi connectivity index (χ2v) is 6.91. The summed E-state index contributed by atoms with van der Waals surface area (Å²) in [6, 6.07) is 15.4. The van der Waals surface area contributed by atoms with Crippen molar-refractivity contribution in [1.82, 2.24) is 0 Å². The van der Waals surface area contributed by atoms with Crippen LogP contribution in [-0.2, 0) is 14.3 Å². The minimum absolute atomic E-state index is 0.227. The number of carbonyl (C=O) groups excluding carboxylic acids is 2. The highest BCUT2D eigenvalue weighted by molar-refractivity contribution is 6.31. The monoisotopic (exact) mass is 368 g/mol. The van der Waals surface area contributed by atoms with Crippen LogP contribution in [0.2, 0.25) is 5.02 Å². The molecule has 3 rings (SSSR count). The van der Waals surface area contributed by atoms with Crippen molar-refractivity contribution < 1.29 is 14.3 Å². The highest BCUT2D eigenvalue weighted by Crippen LogP contribution is 2.42. The van der Waals surface area contributed by atoms with Crippen LogP contribution in [0.1, 0.15) is 36.0 Å². The summed E-state index contributed by atoms with van der Waals surface area (Å²) in [5, 5.41) is 0.560. The lowest BCUT2D eigenvalue weighted by molar-refractivity contribution is -0.151. The van der Waals surface area contributed by atoms with E-state index in [2.05, 4.69) is 0 Å². The second-order valence-electron chi connectivity index (χ2n) is 6.50. The number of esters is 1. The van der Waals surface area contributed by atoms with Crippen molar-refractivity contribution in [2.45, 2.75) is 26.2 Å². The van der Waals surface area contributed by atoms with Crippen LogP contribution in [0.5, 0.6) is 0 Å². The Morgan fingerprint density at radius 3 is 2.50 bits per heavy atom. The molecule has 3 nitrogen and oxygen atoms in total. The van der Waals surface area contributed by atoms with Gasteiger partial charge in [0, 0.05) is 10.9 Å².